The molecule has 0 radical (unpaired) electrons. The quantitative estimate of drug-likeness (QED) is 0.489. The molecule has 0 bridgehead atoms. The topological polar surface area (TPSA) is 0 Å². The Morgan fingerprint density at radius 3 is 1.75 bits per heavy atom. The molecule has 0 heterocycles. The first-order valence-corrected chi connectivity index (χ1v) is 3.68. The monoisotopic (exact) mass is 110 g/mol. The van der Waals surface area contributed by atoms with E-state index in [4.69, 9.17) is 0 Å². The molecule has 0 atom stereocenters. The molecule has 0 fully saturated rings. The Balaban J connectivity index is 3.17. The van der Waals surface area contributed by atoms with Crippen LogP contribution in [0.4, 0.5) is 0 Å². The molecule has 0 N–H and O–H groups in total. The van der Waals surface area contributed by atoms with Gasteiger partial charge in [0.2, 0.25) is 0 Å². The normalized spacial score (nSPS) is 9.00. The van der Waals surface area contributed by atoms with Gasteiger partial charge in [0.25, 0.3) is 0 Å². The van der Waals surface area contributed by atoms with E-state index in [9.17, 15) is 0 Å². The average molecular weight is 110 g/mol. The zero-order valence-electron chi connectivity index (χ0n) is 6.57. The van der Waals surface area contributed by atoms with Crippen molar-refractivity contribution in [3.8, 4) is 0 Å². The summed E-state index contributed by atoms with van der Waals surface area (Å²) in [7, 11) is 0. The van der Waals surface area contributed by atoms with Gasteiger partial charge in [-0.25, -0.2) is 0 Å². The third-order valence-electron chi connectivity index (χ3n) is 1.88. The summed E-state index contributed by atoms with van der Waals surface area (Å²) in [5, 5.41) is 0. The van der Waals surface area contributed by atoms with Gasteiger partial charge in [-0.2, -0.15) is 0 Å². The molecule has 0 spiro atoms. The maximum Gasteiger partial charge on any atom is 0.105 e. The van der Waals surface area contributed by atoms with Gasteiger partial charge in [-0.15, -0.1) is 0 Å². The lowest BCUT2D eigenvalue weighted by Gasteiger charge is -2.05. The predicted molar refractivity (Wildman–Crippen MR) is 44.2 cm³/mol. The van der Waals surface area contributed by atoms with Crippen LogP contribution >= 0.6 is 0 Å². The molecule has 46 valence electrons. The van der Waals surface area contributed by atoms with Gasteiger partial charge >= 0.3 is 0 Å². The van der Waals surface area contributed by atoms with Crippen LogP contribution in [0.1, 0.15) is 13.3 Å². The van der Waals surface area contributed by atoms with Gasteiger partial charge in [0, 0.05) is 0 Å². The highest BCUT2D eigenvalue weighted by molar-refractivity contribution is 7.20. The van der Waals surface area contributed by atoms with Crippen molar-refractivity contribution in [1.82, 2.24) is 0 Å². The van der Waals surface area contributed by atoms with Crippen molar-refractivity contribution in [2.45, 2.75) is 40.1 Å². The fourth-order valence-corrected chi connectivity index (χ4v) is 0.789. The summed E-state index contributed by atoms with van der Waals surface area (Å²) >= 11 is 0. The third kappa shape index (κ3) is 3.17. The number of rotatable bonds is 3. The Hall–Kier alpha value is 0.130. The van der Waals surface area contributed by atoms with E-state index in [1.807, 2.05) is 0 Å². The minimum absolute atomic E-state index is 0.870. The molecule has 0 rings (SSSR count). The van der Waals surface area contributed by atoms with Crippen molar-refractivity contribution in [3.05, 3.63) is 0 Å². The van der Waals surface area contributed by atoms with Crippen LogP contribution in [-0.2, 0) is 0 Å². The van der Waals surface area contributed by atoms with Gasteiger partial charge in [-0.3, -0.25) is 0 Å². The summed E-state index contributed by atoms with van der Waals surface area (Å²) in [6.07, 6.45) is 2.72. The summed E-state index contributed by atoms with van der Waals surface area (Å²) in [4.78, 5) is 0. The zero-order chi connectivity index (χ0) is 6.57. The molecule has 0 aliphatic heterocycles. The molecule has 0 aliphatic rings. The van der Waals surface area contributed by atoms with Crippen LogP contribution in [0, 0.1) is 0 Å². The van der Waals surface area contributed by atoms with E-state index in [2.05, 4.69) is 27.4 Å². The van der Waals surface area contributed by atoms with E-state index in [1.54, 1.807) is 0 Å². The highest BCUT2D eigenvalue weighted by Crippen LogP contribution is 1.99. The van der Waals surface area contributed by atoms with Crippen molar-refractivity contribution in [3.63, 3.8) is 0 Å². The van der Waals surface area contributed by atoms with Gasteiger partial charge in [0.15, 0.2) is 0 Å². The molecule has 0 saturated carbocycles. The molecule has 8 heavy (non-hydrogen) atoms. The van der Waals surface area contributed by atoms with Crippen LogP contribution in [0.3, 0.4) is 0 Å². The van der Waals surface area contributed by atoms with Crippen molar-refractivity contribution in [2.75, 3.05) is 0 Å². The lowest BCUT2D eigenvalue weighted by atomic mass is 9.10. The maximum absolute atomic E-state index is 2.33. The van der Waals surface area contributed by atoms with Gasteiger partial charge in [-0.05, 0) is 0 Å². The third-order valence-corrected chi connectivity index (χ3v) is 1.88. The first kappa shape index (κ1) is 8.13. The van der Waals surface area contributed by atoms with Crippen LogP contribution in [0.25, 0.3) is 0 Å². The molecule has 0 saturated heterocycles. The molecule has 0 amide bonds. The Morgan fingerprint density at radius 1 is 1.12 bits per heavy atom. The summed E-state index contributed by atoms with van der Waals surface area (Å²) in [5.74, 6) is 0. The predicted octanol–water partition coefficient (Wildman–Crippen LogP) is 2.35. The lowest BCUT2D eigenvalue weighted by molar-refractivity contribution is 1.07. The first-order valence-electron chi connectivity index (χ1n) is 3.68. The van der Waals surface area contributed by atoms with Crippen molar-refractivity contribution >= 4 is 13.2 Å². The molecule has 2 heteroatoms. The first-order chi connectivity index (χ1) is 3.68. The van der Waals surface area contributed by atoms with Crippen molar-refractivity contribution in [1.29, 1.82) is 0 Å². The van der Waals surface area contributed by atoms with Crippen molar-refractivity contribution < 1.29 is 0 Å². The molecule has 0 aromatic heterocycles. The summed E-state index contributed by atoms with van der Waals surface area (Å²) in [5.41, 5.74) is 0. The van der Waals surface area contributed by atoms with E-state index in [0.29, 0.717) is 0 Å². The molecule has 0 aromatic rings. The zero-order valence-corrected chi connectivity index (χ0v) is 6.57. The fourth-order valence-electron chi connectivity index (χ4n) is 0.789. The Bertz CT molecular complexity index is 52.5. The second kappa shape index (κ2) is 4.05. The highest BCUT2D eigenvalue weighted by Gasteiger charge is 2.11. The van der Waals surface area contributed by atoms with Gasteiger partial charge in [-0.1, -0.05) is 40.1 Å². The van der Waals surface area contributed by atoms with E-state index < -0.39 is 0 Å². The molecule has 0 unspecified atom stereocenters. The Kier molecular flexibility index (Phi) is 4.12. The second-order valence-electron chi connectivity index (χ2n) is 3.01. The van der Waals surface area contributed by atoms with Gasteiger partial charge in [0.05, 0.1) is 0 Å². The standard InChI is InChI=1S/C6H16B2/c1-5-6-8(4)7(2)3/h5-6H2,1-4H3. The maximum atomic E-state index is 2.33. The highest BCUT2D eigenvalue weighted by atomic mass is 13.6. The Labute approximate surface area is 54.2 Å². The van der Waals surface area contributed by atoms with Crippen molar-refractivity contribution in [2.24, 2.45) is 0 Å². The van der Waals surface area contributed by atoms with Gasteiger partial charge < -0.3 is 0 Å². The van der Waals surface area contributed by atoms with Crippen LogP contribution in [-0.4, -0.2) is 13.2 Å². The largest absolute Gasteiger partial charge is 0.105 e. The van der Waals surface area contributed by atoms with Crippen LogP contribution < -0.4 is 0 Å². The van der Waals surface area contributed by atoms with E-state index in [-0.39, 0.29) is 0 Å². The molecular weight excluding hydrogens is 93.7 g/mol. The molecular formula is C6H16B2. The van der Waals surface area contributed by atoms with Crippen LogP contribution in [0.5, 0.6) is 0 Å². The Morgan fingerprint density at radius 2 is 1.62 bits per heavy atom. The van der Waals surface area contributed by atoms with E-state index >= 15 is 0 Å². The summed E-state index contributed by atoms with van der Waals surface area (Å²) in [6.45, 7) is 10.9. The van der Waals surface area contributed by atoms with E-state index in [0.717, 1.165) is 13.2 Å². The van der Waals surface area contributed by atoms with Crippen LogP contribution in [0.15, 0.2) is 0 Å². The smallest absolute Gasteiger partial charge is 0.0922 e. The molecule has 0 aliphatic carbocycles. The average Bonchev–Trinajstić information content (AvgIpc) is 1.67. The summed E-state index contributed by atoms with van der Waals surface area (Å²) in [6, 6.07) is 0. The second-order valence-corrected chi connectivity index (χ2v) is 3.01. The number of hydrogen-bond acceptors (Lipinski definition) is 0. The minimum atomic E-state index is 0.870. The minimum Gasteiger partial charge on any atom is -0.0922 e. The SMILES string of the molecule is CCCB(C)B(C)C. The molecule has 0 aromatic carbocycles. The van der Waals surface area contributed by atoms with Gasteiger partial charge in [0.1, 0.15) is 13.2 Å². The van der Waals surface area contributed by atoms with E-state index in [1.165, 1.54) is 12.7 Å². The summed E-state index contributed by atoms with van der Waals surface area (Å²) < 4.78 is 0. The fraction of sp³-hybridized carbons (Fsp3) is 1.00. The molecule has 0 nitrogen and oxygen atoms in total. The van der Waals surface area contributed by atoms with Crippen LogP contribution in [0.2, 0.25) is 26.8 Å². The number of hydrogen-bond donors (Lipinski definition) is 0. The lowest BCUT2D eigenvalue weighted by Crippen LogP contribution is -2.25.